The second-order valence-corrected chi connectivity index (χ2v) is 17.8. The van der Waals surface area contributed by atoms with Crippen LogP contribution in [0.2, 0.25) is 0 Å². The molecule has 47 heavy (non-hydrogen) atoms. The van der Waals surface area contributed by atoms with Gasteiger partial charge in [0.2, 0.25) is 0 Å². The van der Waals surface area contributed by atoms with Crippen LogP contribution in [-0.2, 0) is 4.79 Å². The van der Waals surface area contributed by atoms with Gasteiger partial charge in [-0.05, 0) is 122 Å². The first-order chi connectivity index (χ1) is 22.4. The van der Waals surface area contributed by atoms with E-state index < -0.39 is 5.97 Å². The number of hydrogen-bond acceptors (Lipinski definition) is 2. The van der Waals surface area contributed by atoms with Gasteiger partial charge < -0.3 is 10.2 Å². The minimum Gasteiger partial charge on any atom is -0.478 e. The fourth-order valence-corrected chi connectivity index (χ4v) is 11.4. The van der Waals surface area contributed by atoms with Crippen molar-refractivity contribution < 1.29 is 15.0 Å². The standard InChI is InChI=1S/C44H74O3/c1-33(2)34(3)21-22-35(4)38-25-26-39-40-24-23-36-32-37(45)27-29-43(36,6)44(40,31-30-42(38,39)5)28-19-17-15-13-11-9-7-8-10-12-14-16-18-20-41(46)47/h18,20-23,33-35,37-40,45H,7-17,19,24-32H2,1-6H3,(H,46,47)/t34-,35+,37?,38+,39-,40-,42+,43-,44?/m0/s1. The van der Waals surface area contributed by atoms with Gasteiger partial charge in [-0.15, -0.1) is 0 Å². The molecule has 0 aromatic carbocycles. The Hall–Kier alpha value is -1.35. The average Bonchev–Trinajstić information content (AvgIpc) is 3.39. The molecule has 3 saturated carbocycles. The quantitative estimate of drug-likeness (QED) is 0.0831. The van der Waals surface area contributed by atoms with E-state index in [-0.39, 0.29) is 11.5 Å². The Morgan fingerprint density at radius 1 is 0.830 bits per heavy atom. The van der Waals surface area contributed by atoms with Crippen molar-refractivity contribution in [3.8, 4) is 0 Å². The van der Waals surface area contributed by atoms with E-state index in [1.54, 1.807) is 11.6 Å². The number of allylic oxidation sites excluding steroid dienone is 4. The highest BCUT2D eigenvalue weighted by Crippen LogP contribution is 2.73. The molecule has 4 rings (SSSR count). The number of hydrogen-bond donors (Lipinski definition) is 2. The minimum absolute atomic E-state index is 0.130. The average molecular weight is 651 g/mol. The lowest BCUT2D eigenvalue weighted by atomic mass is 9.39. The normalized spacial score (nSPS) is 35.1. The molecule has 3 heteroatoms. The Kier molecular flexibility index (Phi) is 14.3. The first-order valence-corrected chi connectivity index (χ1v) is 20.4. The molecule has 0 amide bonds. The van der Waals surface area contributed by atoms with Gasteiger partial charge in [-0.1, -0.05) is 136 Å². The third-order valence-corrected chi connectivity index (χ3v) is 14.8. The van der Waals surface area contributed by atoms with Gasteiger partial charge in [-0.3, -0.25) is 0 Å². The van der Waals surface area contributed by atoms with Gasteiger partial charge in [0, 0.05) is 6.08 Å². The highest BCUT2D eigenvalue weighted by atomic mass is 16.4. The SMILES string of the molecule is CC(C)[C@@H](C)C=C[C@@H](C)[C@H]1CC[C@H]2[C@@H]3CC=C4CC(O)CC[C@]4(C)C3(CCCCCCCCCCCCCC=CC(=O)O)CC[C@]12C. The van der Waals surface area contributed by atoms with Crippen LogP contribution in [0.4, 0.5) is 0 Å². The first kappa shape index (κ1) is 38.5. The van der Waals surface area contributed by atoms with Gasteiger partial charge >= 0.3 is 5.97 Å². The van der Waals surface area contributed by atoms with Crippen molar-refractivity contribution in [2.24, 2.45) is 51.8 Å². The number of fused-ring (bicyclic) bond motifs is 5. The van der Waals surface area contributed by atoms with E-state index in [4.69, 9.17) is 5.11 Å². The van der Waals surface area contributed by atoms with Gasteiger partial charge in [-0.2, -0.15) is 0 Å². The number of aliphatic carboxylic acids is 1. The second kappa shape index (κ2) is 17.5. The van der Waals surface area contributed by atoms with E-state index in [9.17, 15) is 9.90 Å². The van der Waals surface area contributed by atoms with Crippen molar-refractivity contribution in [1.29, 1.82) is 0 Å². The molecule has 4 aliphatic carbocycles. The topological polar surface area (TPSA) is 57.5 Å². The van der Waals surface area contributed by atoms with Gasteiger partial charge in [-0.25, -0.2) is 4.79 Å². The van der Waals surface area contributed by atoms with E-state index in [1.165, 1.54) is 115 Å². The number of aliphatic hydroxyl groups is 1. The maximum atomic E-state index is 10.7. The molecule has 3 fully saturated rings. The summed E-state index contributed by atoms with van der Waals surface area (Å²) in [4.78, 5) is 10.5. The van der Waals surface area contributed by atoms with E-state index in [2.05, 4.69) is 59.8 Å². The number of carbonyl (C=O) groups is 1. The molecule has 3 nitrogen and oxygen atoms in total. The molecule has 0 heterocycles. The highest BCUT2D eigenvalue weighted by Gasteiger charge is 2.65. The molecular weight excluding hydrogens is 576 g/mol. The zero-order chi connectivity index (χ0) is 34.1. The fraction of sp³-hybridized carbons (Fsp3) is 0.841. The highest BCUT2D eigenvalue weighted by molar-refractivity contribution is 5.79. The van der Waals surface area contributed by atoms with Crippen LogP contribution in [-0.4, -0.2) is 22.3 Å². The van der Waals surface area contributed by atoms with Crippen molar-refractivity contribution >= 4 is 5.97 Å². The molecule has 0 bridgehead atoms. The lowest BCUT2D eigenvalue weighted by Crippen LogP contribution is -2.58. The predicted molar refractivity (Wildman–Crippen MR) is 199 cm³/mol. The first-order valence-electron chi connectivity index (χ1n) is 20.4. The third kappa shape index (κ3) is 9.07. The van der Waals surface area contributed by atoms with Crippen molar-refractivity contribution in [2.75, 3.05) is 0 Å². The van der Waals surface area contributed by atoms with E-state index >= 15 is 0 Å². The predicted octanol–water partition coefficient (Wildman–Crippen LogP) is 12.5. The summed E-state index contributed by atoms with van der Waals surface area (Å²) in [5.41, 5.74) is 2.79. The molecule has 268 valence electrons. The van der Waals surface area contributed by atoms with Crippen LogP contribution < -0.4 is 0 Å². The van der Waals surface area contributed by atoms with Gasteiger partial charge in [0.05, 0.1) is 6.10 Å². The molecule has 2 N–H and O–H groups in total. The number of rotatable bonds is 19. The lowest BCUT2D eigenvalue weighted by Gasteiger charge is -2.66. The van der Waals surface area contributed by atoms with Crippen molar-refractivity contribution in [3.63, 3.8) is 0 Å². The molecule has 0 spiro atoms. The molecule has 0 saturated heterocycles. The zero-order valence-corrected chi connectivity index (χ0v) is 31.6. The summed E-state index contributed by atoms with van der Waals surface area (Å²) >= 11 is 0. The smallest absolute Gasteiger partial charge is 0.327 e. The Morgan fingerprint density at radius 2 is 1.47 bits per heavy atom. The summed E-state index contributed by atoms with van der Waals surface area (Å²) in [5.74, 6) is 3.67. The second-order valence-electron chi connectivity index (χ2n) is 17.8. The van der Waals surface area contributed by atoms with Gasteiger partial charge in [0.15, 0.2) is 0 Å². The van der Waals surface area contributed by atoms with Crippen LogP contribution >= 0.6 is 0 Å². The zero-order valence-electron chi connectivity index (χ0n) is 31.6. The number of carboxylic acid groups (broad SMARTS) is 1. The number of unbranched alkanes of at least 4 members (excludes halogenated alkanes) is 11. The van der Waals surface area contributed by atoms with Crippen LogP contribution in [0.5, 0.6) is 0 Å². The summed E-state index contributed by atoms with van der Waals surface area (Å²) in [6.07, 6.45) is 37.6. The molecule has 0 aromatic rings. The largest absolute Gasteiger partial charge is 0.478 e. The maximum absolute atomic E-state index is 10.7. The molecule has 0 radical (unpaired) electrons. The molecule has 0 aliphatic heterocycles. The van der Waals surface area contributed by atoms with E-state index in [0.717, 1.165) is 43.4 Å². The Morgan fingerprint density at radius 3 is 2.11 bits per heavy atom. The summed E-state index contributed by atoms with van der Waals surface area (Å²) in [6.45, 7) is 15.0. The summed E-state index contributed by atoms with van der Waals surface area (Å²) < 4.78 is 0. The van der Waals surface area contributed by atoms with Gasteiger partial charge in [0.1, 0.15) is 0 Å². The van der Waals surface area contributed by atoms with Crippen molar-refractivity contribution in [3.05, 3.63) is 36.0 Å². The lowest BCUT2D eigenvalue weighted by molar-refractivity contribution is -0.133. The molecule has 9 atom stereocenters. The monoisotopic (exact) mass is 651 g/mol. The minimum atomic E-state index is -0.835. The van der Waals surface area contributed by atoms with Crippen LogP contribution in [0, 0.1) is 51.8 Å². The number of aliphatic hydroxyl groups excluding tert-OH is 1. The maximum Gasteiger partial charge on any atom is 0.327 e. The summed E-state index contributed by atoms with van der Waals surface area (Å²) in [5, 5.41) is 19.4. The molecule has 2 unspecified atom stereocenters. The van der Waals surface area contributed by atoms with E-state index in [1.807, 2.05) is 0 Å². The molecule has 4 aliphatic rings. The Balaban J connectivity index is 1.30. The van der Waals surface area contributed by atoms with Crippen LogP contribution in [0.15, 0.2) is 36.0 Å². The summed E-state index contributed by atoms with van der Waals surface area (Å²) in [7, 11) is 0. The number of carboxylic acids is 1. The van der Waals surface area contributed by atoms with Crippen LogP contribution in [0.25, 0.3) is 0 Å². The van der Waals surface area contributed by atoms with Crippen LogP contribution in [0.3, 0.4) is 0 Å². The molecule has 0 aromatic heterocycles. The Labute approximate surface area is 290 Å². The fourth-order valence-electron chi connectivity index (χ4n) is 11.4. The van der Waals surface area contributed by atoms with Crippen molar-refractivity contribution in [1.82, 2.24) is 0 Å². The van der Waals surface area contributed by atoms with Crippen LogP contribution in [0.1, 0.15) is 176 Å². The van der Waals surface area contributed by atoms with Gasteiger partial charge in [0.25, 0.3) is 0 Å². The third-order valence-electron chi connectivity index (χ3n) is 14.8. The van der Waals surface area contributed by atoms with E-state index in [0.29, 0.717) is 28.6 Å². The van der Waals surface area contributed by atoms with Crippen molar-refractivity contribution in [2.45, 2.75) is 182 Å². The molecular formula is C44H74O3. The Bertz CT molecular complexity index is 1070. The summed E-state index contributed by atoms with van der Waals surface area (Å²) in [6, 6.07) is 0.